The Bertz CT molecular complexity index is 1370. The summed E-state index contributed by atoms with van der Waals surface area (Å²) in [6, 6.07) is 24.5. The van der Waals surface area contributed by atoms with Crippen molar-refractivity contribution in [1.82, 2.24) is 14.5 Å². The number of aromatic nitrogens is 3. The standard InChI is InChI=1S/C26H23N3OS/c1-2-19-11-8-12-20-21(15-27-25(19)20)24(30)16-29-23-14-7-6-13-22(23)28-26(29)31-17-18-9-4-3-5-10-18/h3-15,27H,2,16-17H2,1H3. The number of H-pyrrole nitrogens is 1. The van der Waals surface area contributed by atoms with E-state index < -0.39 is 0 Å². The fraction of sp³-hybridized carbons (Fsp3) is 0.154. The van der Waals surface area contributed by atoms with Gasteiger partial charge in [0.2, 0.25) is 0 Å². The van der Waals surface area contributed by atoms with Gasteiger partial charge in [0, 0.05) is 28.4 Å². The third-order valence-electron chi connectivity index (χ3n) is 5.62. The quantitative estimate of drug-likeness (QED) is 0.247. The molecule has 4 nitrogen and oxygen atoms in total. The van der Waals surface area contributed by atoms with Gasteiger partial charge in [-0.15, -0.1) is 0 Å². The number of benzene rings is 3. The maximum atomic E-state index is 13.4. The first-order valence-electron chi connectivity index (χ1n) is 10.5. The van der Waals surface area contributed by atoms with Crippen LogP contribution in [0, 0.1) is 0 Å². The summed E-state index contributed by atoms with van der Waals surface area (Å²) in [5.41, 5.74) is 6.16. The van der Waals surface area contributed by atoms with Crippen LogP contribution in [0.5, 0.6) is 0 Å². The highest BCUT2D eigenvalue weighted by molar-refractivity contribution is 7.98. The molecule has 0 bridgehead atoms. The van der Waals surface area contributed by atoms with E-state index in [2.05, 4.69) is 30.1 Å². The lowest BCUT2D eigenvalue weighted by Gasteiger charge is -2.08. The van der Waals surface area contributed by atoms with Crippen molar-refractivity contribution in [2.24, 2.45) is 0 Å². The zero-order valence-electron chi connectivity index (χ0n) is 17.3. The molecule has 0 unspecified atom stereocenters. The second kappa shape index (κ2) is 8.44. The number of nitrogens with one attached hydrogen (secondary N) is 1. The van der Waals surface area contributed by atoms with E-state index in [1.54, 1.807) is 11.8 Å². The number of Topliss-reactive ketones (excluding diaryl/α,β-unsaturated/α-hetero) is 1. The number of thioether (sulfide) groups is 1. The Morgan fingerprint density at radius 2 is 1.81 bits per heavy atom. The second-order valence-electron chi connectivity index (χ2n) is 7.56. The molecule has 0 spiro atoms. The molecule has 2 heterocycles. The molecule has 0 atom stereocenters. The van der Waals surface area contributed by atoms with Crippen LogP contribution in [0.25, 0.3) is 21.9 Å². The highest BCUT2D eigenvalue weighted by Gasteiger charge is 2.18. The number of para-hydroxylation sites is 3. The van der Waals surface area contributed by atoms with Gasteiger partial charge in [0.1, 0.15) is 0 Å². The van der Waals surface area contributed by atoms with Crippen LogP contribution in [0.3, 0.4) is 0 Å². The Morgan fingerprint density at radius 1 is 1.00 bits per heavy atom. The number of hydrogen-bond donors (Lipinski definition) is 1. The molecule has 5 aromatic rings. The van der Waals surface area contributed by atoms with Crippen LogP contribution in [-0.2, 0) is 18.7 Å². The van der Waals surface area contributed by atoms with E-state index in [1.807, 2.05) is 65.4 Å². The Kier molecular flexibility index (Phi) is 5.35. The summed E-state index contributed by atoms with van der Waals surface area (Å²) in [5.74, 6) is 0.898. The number of ketones is 1. The van der Waals surface area contributed by atoms with Crippen molar-refractivity contribution in [2.75, 3.05) is 0 Å². The molecule has 0 aliphatic rings. The van der Waals surface area contributed by atoms with E-state index in [0.29, 0.717) is 0 Å². The molecule has 154 valence electrons. The molecule has 0 saturated heterocycles. The number of carbonyl (C=O) groups is 1. The predicted octanol–water partition coefficient (Wildman–Crippen LogP) is 6.26. The zero-order chi connectivity index (χ0) is 21.2. The Morgan fingerprint density at radius 3 is 2.65 bits per heavy atom. The molecule has 0 saturated carbocycles. The third-order valence-corrected chi connectivity index (χ3v) is 6.66. The summed E-state index contributed by atoms with van der Waals surface area (Å²) >= 11 is 1.67. The SMILES string of the molecule is CCc1cccc2c(C(=O)Cn3c(SCc4ccccc4)nc4ccccc43)c[nH]c12. The van der Waals surface area contributed by atoms with Crippen LogP contribution in [-0.4, -0.2) is 20.3 Å². The molecule has 0 aliphatic heterocycles. The number of aryl methyl sites for hydroxylation is 1. The van der Waals surface area contributed by atoms with Crippen LogP contribution >= 0.6 is 11.8 Å². The van der Waals surface area contributed by atoms with E-state index in [-0.39, 0.29) is 12.3 Å². The molecule has 31 heavy (non-hydrogen) atoms. The molecule has 0 radical (unpaired) electrons. The normalized spacial score (nSPS) is 11.4. The van der Waals surface area contributed by atoms with Crippen LogP contribution in [0.2, 0.25) is 0 Å². The lowest BCUT2D eigenvalue weighted by Crippen LogP contribution is -2.11. The van der Waals surface area contributed by atoms with Crippen LogP contribution in [0.15, 0.2) is 84.1 Å². The monoisotopic (exact) mass is 425 g/mol. The van der Waals surface area contributed by atoms with Gasteiger partial charge in [-0.1, -0.05) is 79.3 Å². The molecule has 5 rings (SSSR count). The number of imidazole rings is 1. The number of nitrogens with zero attached hydrogens (tertiary/aromatic N) is 2. The van der Waals surface area contributed by atoms with Crippen LogP contribution < -0.4 is 0 Å². The summed E-state index contributed by atoms with van der Waals surface area (Å²) in [6.45, 7) is 2.39. The van der Waals surface area contributed by atoms with Gasteiger partial charge in [-0.25, -0.2) is 4.98 Å². The smallest absolute Gasteiger partial charge is 0.184 e. The van der Waals surface area contributed by atoms with E-state index >= 15 is 0 Å². The molecule has 1 N–H and O–H groups in total. The van der Waals surface area contributed by atoms with Crippen LogP contribution in [0.1, 0.15) is 28.4 Å². The van der Waals surface area contributed by atoms with Crippen LogP contribution in [0.4, 0.5) is 0 Å². The summed E-state index contributed by atoms with van der Waals surface area (Å²) < 4.78 is 2.05. The first-order valence-corrected chi connectivity index (χ1v) is 11.5. The number of carbonyl (C=O) groups excluding carboxylic acids is 1. The lowest BCUT2D eigenvalue weighted by molar-refractivity contribution is 0.0972. The molecule has 0 amide bonds. The largest absolute Gasteiger partial charge is 0.360 e. The topological polar surface area (TPSA) is 50.7 Å². The average molecular weight is 426 g/mol. The first-order chi connectivity index (χ1) is 15.2. The van der Waals surface area contributed by atoms with Crippen molar-refractivity contribution in [3.8, 4) is 0 Å². The van der Waals surface area contributed by atoms with Gasteiger partial charge < -0.3 is 9.55 Å². The zero-order valence-corrected chi connectivity index (χ0v) is 18.2. The predicted molar refractivity (Wildman–Crippen MR) is 128 cm³/mol. The summed E-state index contributed by atoms with van der Waals surface area (Å²) in [4.78, 5) is 21.5. The van der Waals surface area contributed by atoms with Gasteiger partial charge in [-0.3, -0.25) is 4.79 Å². The first kappa shape index (κ1) is 19.6. The Labute approximate surface area is 185 Å². The van der Waals surface area contributed by atoms with E-state index in [0.717, 1.165) is 44.8 Å². The number of rotatable bonds is 7. The van der Waals surface area contributed by atoms with E-state index in [1.165, 1.54) is 11.1 Å². The Balaban J connectivity index is 1.49. The highest BCUT2D eigenvalue weighted by atomic mass is 32.2. The van der Waals surface area contributed by atoms with E-state index in [4.69, 9.17) is 4.98 Å². The minimum atomic E-state index is 0.0872. The molecular formula is C26H23N3OS. The van der Waals surface area contributed by atoms with Crippen molar-refractivity contribution in [3.63, 3.8) is 0 Å². The molecular weight excluding hydrogens is 402 g/mol. The fourth-order valence-corrected chi connectivity index (χ4v) is 4.98. The summed E-state index contributed by atoms with van der Waals surface area (Å²) in [6.07, 6.45) is 2.78. The minimum absolute atomic E-state index is 0.0872. The van der Waals surface area contributed by atoms with Gasteiger partial charge in [0.25, 0.3) is 0 Å². The van der Waals surface area contributed by atoms with Gasteiger partial charge in [0.05, 0.1) is 17.6 Å². The molecule has 2 aromatic heterocycles. The van der Waals surface area contributed by atoms with Crippen molar-refractivity contribution in [1.29, 1.82) is 0 Å². The minimum Gasteiger partial charge on any atom is -0.360 e. The van der Waals surface area contributed by atoms with Gasteiger partial charge in [-0.2, -0.15) is 0 Å². The van der Waals surface area contributed by atoms with Crippen molar-refractivity contribution in [2.45, 2.75) is 30.8 Å². The summed E-state index contributed by atoms with van der Waals surface area (Å²) in [5, 5.41) is 1.86. The maximum Gasteiger partial charge on any atom is 0.184 e. The van der Waals surface area contributed by atoms with Gasteiger partial charge in [0.15, 0.2) is 10.9 Å². The van der Waals surface area contributed by atoms with E-state index in [9.17, 15) is 4.79 Å². The van der Waals surface area contributed by atoms with Crippen molar-refractivity contribution < 1.29 is 4.79 Å². The lowest BCUT2D eigenvalue weighted by atomic mass is 10.0. The highest BCUT2D eigenvalue weighted by Crippen LogP contribution is 2.28. The molecule has 3 aromatic carbocycles. The molecule has 0 aliphatic carbocycles. The number of hydrogen-bond acceptors (Lipinski definition) is 3. The maximum absolute atomic E-state index is 13.4. The Hall–Kier alpha value is -3.31. The average Bonchev–Trinajstić information content (AvgIpc) is 3.40. The van der Waals surface area contributed by atoms with Gasteiger partial charge >= 0.3 is 0 Å². The third kappa shape index (κ3) is 3.77. The number of fused-ring (bicyclic) bond motifs is 2. The molecule has 0 fully saturated rings. The second-order valence-corrected chi connectivity index (χ2v) is 8.50. The van der Waals surface area contributed by atoms with Crippen molar-refractivity contribution in [3.05, 3.63) is 95.7 Å². The van der Waals surface area contributed by atoms with Gasteiger partial charge in [-0.05, 0) is 29.7 Å². The summed E-state index contributed by atoms with van der Waals surface area (Å²) in [7, 11) is 0. The fourth-order valence-electron chi connectivity index (χ4n) is 4.01. The number of aromatic amines is 1. The van der Waals surface area contributed by atoms with Crippen molar-refractivity contribution >= 4 is 39.5 Å². The molecule has 5 heteroatoms.